The molecular formula is C13H23N. The second-order valence-electron chi connectivity index (χ2n) is 4.48. The average molecular weight is 193 g/mol. The fourth-order valence-electron chi connectivity index (χ4n) is 1.96. The minimum Gasteiger partial charge on any atom is -0.314 e. The van der Waals surface area contributed by atoms with Gasteiger partial charge in [-0.05, 0) is 45.1 Å². The highest BCUT2D eigenvalue weighted by Crippen LogP contribution is 2.28. The van der Waals surface area contributed by atoms with Crippen molar-refractivity contribution >= 4 is 0 Å². The molecule has 0 radical (unpaired) electrons. The summed E-state index contributed by atoms with van der Waals surface area (Å²) in [7, 11) is 0. The standard InChI is InChI=1S/C10H19N.C3H4/c1-2-4-10(5-3-1)11-8-9-6-7-9;1-3-2/h9-11H,1-8H2;1H,2H3. The second-order valence-corrected chi connectivity index (χ2v) is 4.48. The van der Waals surface area contributed by atoms with E-state index in [-0.39, 0.29) is 0 Å². The summed E-state index contributed by atoms with van der Waals surface area (Å²) in [6.45, 7) is 2.96. The van der Waals surface area contributed by atoms with Gasteiger partial charge < -0.3 is 5.32 Å². The fraction of sp³-hybridized carbons (Fsp3) is 0.846. The maximum Gasteiger partial charge on any atom is 0.00671 e. The van der Waals surface area contributed by atoms with Gasteiger partial charge in [-0.2, -0.15) is 0 Å². The van der Waals surface area contributed by atoms with Gasteiger partial charge in [-0.15, -0.1) is 12.3 Å². The maximum absolute atomic E-state index is 4.60. The molecule has 2 fully saturated rings. The molecule has 14 heavy (non-hydrogen) atoms. The lowest BCUT2D eigenvalue weighted by molar-refractivity contribution is 0.369. The van der Waals surface area contributed by atoms with Crippen LogP contribution in [-0.4, -0.2) is 12.6 Å². The third kappa shape index (κ3) is 5.29. The van der Waals surface area contributed by atoms with E-state index in [9.17, 15) is 0 Å². The molecule has 2 aliphatic carbocycles. The molecule has 0 aromatic rings. The van der Waals surface area contributed by atoms with Crippen LogP contribution in [0, 0.1) is 18.3 Å². The van der Waals surface area contributed by atoms with Gasteiger partial charge in [-0.25, -0.2) is 0 Å². The Morgan fingerprint density at radius 2 is 1.71 bits per heavy atom. The summed E-state index contributed by atoms with van der Waals surface area (Å²) in [4.78, 5) is 0. The van der Waals surface area contributed by atoms with Gasteiger partial charge in [-0.1, -0.05) is 19.3 Å². The minimum atomic E-state index is 0.879. The molecule has 0 aromatic heterocycles. The van der Waals surface area contributed by atoms with Crippen LogP contribution in [0.2, 0.25) is 0 Å². The van der Waals surface area contributed by atoms with Gasteiger partial charge in [0.2, 0.25) is 0 Å². The quantitative estimate of drug-likeness (QED) is 0.679. The van der Waals surface area contributed by atoms with Crippen molar-refractivity contribution in [3.63, 3.8) is 0 Å². The summed E-state index contributed by atoms with van der Waals surface area (Å²) in [5.74, 6) is 3.30. The summed E-state index contributed by atoms with van der Waals surface area (Å²) in [5, 5.41) is 3.68. The Morgan fingerprint density at radius 3 is 2.21 bits per heavy atom. The van der Waals surface area contributed by atoms with Gasteiger partial charge in [0.05, 0.1) is 0 Å². The number of nitrogens with one attached hydrogen (secondary N) is 1. The smallest absolute Gasteiger partial charge is 0.00671 e. The molecule has 1 heteroatoms. The first-order valence-corrected chi connectivity index (χ1v) is 5.97. The first kappa shape index (κ1) is 11.6. The monoisotopic (exact) mass is 193 g/mol. The lowest BCUT2D eigenvalue weighted by Crippen LogP contribution is -2.32. The van der Waals surface area contributed by atoms with Crippen molar-refractivity contribution in [1.29, 1.82) is 0 Å². The lowest BCUT2D eigenvalue weighted by atomic mass is 9.95. The third-order valence-electron chi connectivity index (χ3n) is 3.00. The summed E-state index contributed by atoms with van der Waals surface area (Å²) in [5.41, 5.74) is 0. The molecule has 0 amide bonds. The first-order chi connectivity index (χ1) is 6.86. The fourth-order valence-corrected chi connectivity index (χ4v) is 1.96. The Morgan fingerprint density at radius 1 is 1.14 bits per heavy atom. The van der Waals surface area contributed by atoms with Gasteiger partial charge >= 0.3 is 0 Å². The van der Waals surface area contributed by atoms with E-state index in [4.69, 9.17) is 0 Å². The molecule has 0 spiro atoms. The molecule has 0 aromatic carbocycles. The lowest BCUT2D eigenvalue weighted by Gasteiger charge is -2.22. The van der Waals surface area contributed by atoms with Crippen molar-refractivity contribution < 1.29 is 0 Å². The Labute approximate surface area is 88.7 Å². The molecule has 2 aliphatic rings. The molecule has 2 rings (SSSR count). The first-order valence-electron chi connectivity index (χ1n) is 5.97. The largest absolute Gasteiger partial charge is 0.314 e. The van der Waals surface area contributed by atoms with E-state index in [0.717, 1.165) is 12.0 Å². The highest BCUT2D eigenvalue weighted by Gasteiger charge is 2.22. The van der Waals surface area contributed by atoms with Crippen molar-refractivity contribution in [2.45, 2.75) is 57.9 Å². The molecular weight excluding hydrogens is 170 g/mol. The molecule has 1 N–H and O–H groups in total. The zero-order valence-corrected chi connectivity index (χ0v) is 9.39. The van der Waals surface area contributed by atoms with Crippen LogP contribution in [0.4, 0.5) is 0 Å². The molecule has 0 aliphatic heterocycles. The summed E-state index contributed by atoms with van der Waals surface area (Å²) in [6, 6.07) is 0.879. The van der Waals surface area contributed by atoms with Crippen LogP contribution in [0.1, 0.15) is 51.9 Å². The SMILES string of the molecule is C#CC.C1CCC(NCC2CC2)CC1. The van der Waals surface area contributed by atoms with E-state index in [2.05, 4.69) is 17.7 Å². The maximum atomic E-state index is 4.60. The molecule has 2 saturated carbocycles. The number of hydrogen-bond acceptors (Lipinski definition) is 1. The third-order valence-corrected chi connectivity index (χ3v) is 3.00. The van der Waals surface area contributed by atoms with Crippen molar-refractivity contribution in [2.75, 3.05) is 6.54 Å². The molecule has 0 heterocycles. The predicted octanol–water partition coefficient (Wildman–Crippen LogP) is 2.96. The Balaban J connectivity index is 0.000000293. The van der Waals surface area contributed by atoms with Gasteiger partial charge in [0.1, 0.15) is 0 Å². The van der Waals surface area contributed by atoms with Crippen LogP contribution in [-0.2, 0) is 0 Å². The van der Waals surface area contributed by atoms with Gasteiger partial charge in [0, 0.05) is 6.04 Å². The van der Waals surface area contributed by atoms with Crippen LogP contribution < -0.4 is 5.32 Å². The van der Waals surface area contributed by atoms with Gasteiger partial charge in [0.25, 0.3) is 0 Å². The summed E-state index contributed by atoms with van der Waals surface area (Å²) < 4.78 is 0. The molecule has 0 bridgehead atoms. The molecule has 0 saturated heterocycles. The average Bonchev–Trinajstić information content (AvgIpc) is 3.01. The van der Waals surface area contributed by atoms with E-state index in [0.29, 0.717) is 0 Å². The van der Waals surface area contributed by atoms with Crippen LogP contribution >= 0.6 is 0 Å². The highest BCUT2D eigenvalue weighted by atomic mass is 14.9. The van der Waals surface area contributed by atoms with Gasteiger partial charge in [0.15, 0.2) is 0 Å². The topological polar surface area (TPSA) is 12.0 Å². The van der Waals surface area contributed by atoms with Crippen molar-refractivity contribution in [1.82, 2.24) is 5.32 Å². The van der Waals surface area contributed by atoms with E-state index in [1.165, 1.54) is 51.5 Å². The van der Waals surface area contributed by atoms with Crippen molar-refractivity contribution in [3.05, 3.63) is 0 Å². The molecule has 80 valence electrons. The number of terminal acetylenes is 1. The molecule has 0 atom stereocenters. The van der Waals surface area contributed by atoms with Crippen LogP contribution in [0.25, 0.3) is 0 Å². The number of hydrogen-bond donors (Lipinski definition) is 1. The van der Waals surface area contributed by atoms with Crippen LogP contribution in [0.3, 0.4) is 0 Å². The van der Waals surface area contributed by atoms with Crippen molar-refractivity contribution in [3.8, 4) is 12.3 Å². The Bertz CT molecular complexity index is 170. The van der Waals surface area contributed by atoms with Crippen LogP contribution in [0.5, 0.6) is 0 Å². The normalized spacial score (nSPS) is 22.0. The molecule has 1 nitrogen and oxygen atoms in total. The second kappa shape index (κ2) is 6.90. The Hall–Kier alpha value is -0.480. The minimum absolute atomic E-state index is 0.879. The predicted molar refractivity (Wildman–Crippen MR) is 62.1 cm³/mol. The number of rotatable bonds is 3. The van der Waals surface area contributed by atoms with Crippen LogP contribution in [0.15, 0.2) is 0 Å². The van der Waals surface area contributed by atoms with E-state index in [1.807, 2.05) is 0 Å². The van der Waals surface area contributed by atoms with E-state index in [1.54, 1.807) is 6.92 Å². The Kier molecular flexibility index (Phi) is 5.71. The van der Waals surface area contributed by atoms with E-state index < -0.39 is 0 Å². The van der Waals surface area contributed by atoms with Crippen molar-refractivity contribution in [2.24, 2.45) is 5.92 Å². The molecule has 0 unspecified atom stereocenters. The zero-order valence-electron chi connectivity index (χ0n) is 9.39. The summed E-state index contributed by atoms with van der Waals surface area (Å²) in [6.07, 6.45) is 14.8. The summed E-state index contributed by atoms with van der Waals surface area (Å²) >= 11 is 0. The van der Waals surface area contributed by atoms with E-state index >= 15 is 0 Å². The zero-order chi connectivity index (χ0) is 10.2. The van der Waals surface area contributed by atoms with Gasteiger partial charge in [-0.3, -0.25) is 0 Å². The highest BCUT2D eigenvalue weighted by molar-refractivity contribution is 4.79.